The smallest absolute Gasteiger partial charge is 0.227 e. The van der Waals surface area contributed by atoms with Gasteiger partial charge in [-0.05, 0) is 17.9 Å². The van der Waals surface area contributed by atoms with Gasteiger partial charge in [0.1, 0.15) is 5.01 Å². The quantitative estimate of drug-likeness (QED) is 0.868. The third-order valence-electron chi connectivity index (χ3n) is 3.69. The summed E-state index contributed by atoms with van der Waals surface area (Å²) in [6, 6.07) is 4.04. The van der Waals surface area contributed by atoms with E-state index >= 15 is 0 Å². The molecule has 0 bridgehead atoms. The summed E-state index contributed by atoms with van der Waals surface area (Å²) in [5, 5.41) is 5.21. The summed E-state index contributed by atoms with van der Waals surface area (Å²) in [6.45, 7) is 4.59. The SMILES string of the molecule is O=C(Cc1cccs1)N1CCCN(Cc2nccs2)CC1. The number of carbonyl (C=O) groups is 1. The molecular weight excluding hydrogens is 302 g/mol. The largest absolute Gasteiger partial charge is 0.341 e. The normalized spacial score (nSPS) is 16.9. The molecular formula is C15H19N3OS2. The van der Waals surface area contributed by atoms with Crippen LogP contribution >= 0.6 is 22.7 Å². The Balaban J connectivity index is 1.51. The Morgan fingerprint density at radius 2 is 2.14 bits per heavy atom. The lowest BCUT2D eigenvalue weighted by molar-refractivity contribution is -0.130. The van der Waals surface area contributed by atoms with Gasteiger partial charge < -0.3 is 4.90 Å². The number of amides is 1. The molecule has 0 saturated carbocycles. The summed E-state index contributed by atoms with van der Waals surface area (Å²) in [7, 11) is 0. The maximum Gasteiger partial charge on any atom is 0.227 e. The predicted molar refractivity (Wildman–Crippen MR) is 86.6 cm³/mol. The van der Waals surface area contributed by atoms with Crippen LogP contribution in [0.25, 0.3) is 0 Å². The fraction of sp³-hybridized carbons (Fsp3) is 0.467. The van der Waals surface area contributed by atoms with Gasteiger partial charge in [-0.1, -0.05) is 6.07 Å². The maximum absolute atomic E-state index is 12.3. The van der Waals surface area contributed by atoms with Crippen LogP contribution in [0.1, 0.15) is 16.3 Å². The second-order valence-electron chi connectivity index (χ2n) is 5.19. The molecule has 1 aliphatic heterocycles. The average Bonchev–Trinajstić information content (AvgIpc) is 3.11. The molecule has 1 aliphatic rings. The van der Waals surface area contributed by atoms with Crippen molar-refractivity contribution < 1.29 is 4.79 Å². The number of carbonyl (C=O) groups excluding carboxylic acids is 1. The van der Waals surface area contributed by atoms with Crippen LogP contribution in [0, 0.1) is 0 Å². The van der Waals surface area contributed by atoms with E-state index in [2.05, 4.69) is 9.88 Å². The van der Waals surface area contributed by atoms with Gasteiger partial charge in [-0.25, -0.2) is 4.98 Å². The van der Waals surface area contributed by atoms with E-state index in [9.17, 15) is 4.79 Å². The van der Waals surface area contributed by atoms with E-state index < -0.39 is 0 Å². The number of hydrogen-bond donors (Lipinski definition) is 0. The van der Waals surface area contributed by atoms with Crippen molar-refractivity contribution in [3.63, 3.8) is 0 Å². The first-order valence-corrected chi connectivity index (χ1v) is 8.98. The third-order valence-corrected chi connectivity index (χ3v) is 5.33. The molecule has 0 radical (unpaired) electrons. The molecule has 3 rings (SSSR count). The van der Waals surface area contributed by atoms with Gasteiger partial charge in [0.25, 0.3) is 0 Å². The van der Waals surface area contributed by atoms with Gasteiger partial charge in [0, 0.05) is 42.6 Å². The summed E-state index contributed by atoms with van der Waals surface area (Å²) < 4.78 is 0. The van der Waals surface area contributed by atoms with Crippen LogP contribution in [-0.2, 0) is 17.8 Å². The molecule has 2 aromatic heterocycles. The van der Waals surface area contributed by atoms with Crippen molar-refractivity contribution in [1.29, 1.82) is 0 Å². The number of rotatable bonds is 4. The lowest BCUT2D eigenvalue weighted by Gasteiger charge is -2.21. The topological polar surface area (TPSA) is 36.4 Å². The molecule has 0 unspecified atom stereocenters. The van der Waals surface area contributed by atoms with E-state index in [1.165, 1.54) is 0 Å². The molecule has 1 amide bonds. The average molecular weight is 321 g/mol. The van der Waals surface area contributed by atoms with E-state index in [1.807, 2.05) is 34.0 Å². The van der Waals surface area contributed by atoms with E-state index in [0.717, 1.165) is 49.0 Å². The highest BCUT2D eigenvalue weighted by Gasteiger charge is 2.19. The van der Waals surface area contributed by atoms with Crippen molar-refractivity contribution in [3.05, 3.63) is 39.0 Å². The zero-order chi connectivity index (χ0) is 14.5. The number of nitrogens with zero attached hydrogens (tertiary/aromatic N) is 3. The molecule has 1 fully saturated rings. The van der Waals surface area contributed by atoms with Crippen LogP contribution in [-0.4, -0.2) is 46.9 Å². The summed E-state index contributed by atoms with van der Waals surface area (Å²) in [5.74, 6) is 0.258. The van der Waals surface area contributed by atoms with Gasteiger partial charge in [-0.3, -0.25) is 9.69 Å². The minimum atomic E-state index is 0.258. The first-order valence-electron chi connectivity index (χ1n) is 7.22. The number of thiazole rings is 1. The van der Waals surface area contributed by atoms with Crippen molar-refractivity contribution in [2.45, 2.75) is 19.4 Å². The van der Waals surface area contributed by atoms with Crippen LogP contribution in [0.4, 0.5) is 0 Å². The predicted octanol–water partition coefficient (Wildman–Crippen LogP) is 2.48. The molecule has 112 valence electrons. The van der Waals surface area contributed by atoms with Crippen LogP contribution in [0.15, 0.2) is 29.1 Å². The van der Waals surface area contributed by atoms with Crippen LogP contribution in [0.5, 0.6) is 0 Å². The third kappa shape index (κ3) is 4.12. The van der Waals surface area contributed by atoms with Crippen molar-refractivity contribution in [1.82, 2.24) is 14.8 Å². The number of hydrogen-bond acceptors (Lipinski definition) is 5. The van der Waals surface area contributed by atoms with Gasteiger partial charge in [0.15, 0.2) is 0 Å². The number of thiophene rings is 1. The molecule has 4 nitrogen and oxygen atoms in total. The van der Waals surface area contributed by atoms with Crippen LogP contribution in [0.2, 0.25) is 0 Å². The molecule has 0 aliphatic carbocycles. The molecule has 0 aromatic carbocycles. The molecule has 3 heterocycles. The molecule has 1 saturated heterocycles. The first kappa shape index (κ1) is 14.7. The molecule has 6 heteroatoms. The summed E-state index contributed by atoms with van der Waals surface area (Å²) in [6.07, 6.45) is 3.44. The lowest BCUT2D eigenvalue weighted by atomic mass is 10.3. The highest BCUT2D eigenvalue weighted by molar-refractivity contribution is 7.10. The zero-order valence-corrected chi connectivity index (χ0v) is 13.5. The summed E-state index contributed by atoms with van der Waals surface area (Å²) >= 11 is 3.36. The standard InChI is InChI=1S/C15H19N3OS2/c19-15(11-13-3-1-9-20-13)18-6-2-5-17(7-8-18)12-14-16-4-10-21-14/h1,3-4,9-10H,2,5-8,11-12H2. The fourth-order valence-corrected chi connectivity index (χ4v) is 3.93. The lowest BCUT2D eigenvalue weighted by Crippen LogP contribution is -2.35. The Labute approximate surface area is 133 Å². The molecule has 2 aromatic rings. The Bertz CT molecular complexity index is 554. The van der Waals surface area contributed by atoms with Crippen LogP contribution < -0.4 is 0 Å². The summed E-state index contributed by atoms with van der Waals surface area (Å²) in [5.41, 5.74) is 0. The van der Waals surface area contributed by atoms with Gasteiger partial charge in [-0.15, -0.1) is 22.7 Å². The van der Waals surface area contributed by atoms with Crippen molar-refractivity contribution in [2.75, 3.05) is 26.2 Å². The second-order valence-corrected chi connectivity index (χ2v) is 7.20. The molecule has 0 N–H and O–H groups in total. The Hall–Kier alpha value is -1.24. The maximum atomic E-state index is 12.3. The van der Waals surface area contributed by atoms with Gasteiger partial charge in [-0.2, -0.15) is 0 Å². The minimum absolute atomic E-state index is 0.258. The van der Waals surface area contributed by atoms with Gasteiger partial charge in [0.05, 0.1) is 13.0 Å². The monoisotopic (exact) mass is 321 g/mol. The zero-order valence-electron chi connectivity index (χ0n) is 11.9. The van der Waals surface area contributed by atoms with Gasteiger partial charge in [0.2, 0.25) is 5.91 Å². The molecule has 21 heavy (non-hydrogen) atoms. The highest BCUT2D eigenvalue weighted by atomic mass is 32.1. The summed E-state index contributed by atoms with van der Waals surface area (Å²) in [4.78, 5) is 22.3. The van der Waals surface area contributed by atoms with E-state index in [4.69, 9.17) is 0 Å². The van der Waals surface area contributed by atoms with Crippen molar-refractivity contribution in [3.8, 4) is 0 Å². The molecule has 0 atom stereocenters. The molecule has 0 spiro atoms. The number of aromatic nitrogens is 1. The van der Waals surface area contributed by atoms with E-state index in [0.29, 0.717) is 6.42 Å². The highest BCUT2D eigenvalue weighted by Crippen LogP contribution is 2.14. The van der Waals surface area contributed by atoms with Crippen molar-refractivity contribution in [2.24, 2.45) is 0 Å². The second kappa shape index (κ2) is 7.15. The van der Waals surface area contributed by atoms with E-state index in [-0.39, 0.29) is 5.91 Å². The first-order chi connectivity index (χ1) is 10.3. The Morgan fingerprint density at radius 1 is 1.19 bits per heavy atom. The Kier molecular flexibility index (Phi) is 5.00. The van der Waals surface area contributed by atoms with E-state index in [1.54, 1.807) is 22.7 Å². The fourth-order valence-electron chi connectivity index (χ4n) is 2.57. The Morgan fingerprint density at radius 3 is 2.90 bits per heavy atom. The minimum Gasteiger partial charge on any atom is -0.341 e. The van der Waals surface area contributed by atoms with Crippen LogP contribution in [0.3, 0.4) is 0 Å². The van der Waals surface area contributed by atoms with Crippen molar-refractivity contribution >= 4 is 28.6 Å². The van der Waals surface area contributed by atoms with Gasteiger partial charge >= 0.3 is 0 Å².